The summed E-state index contributed by atoms with van der Waals surface area (Å²) in [6.45, 7) is 3.78. The minimum absolute atomic E-state index is 0.0909. The van der Waals surface area contributed by atoms with Crippen LogP contribution in [0.25, 0.3) is 5.69 Å². The molecule has 0 aliphatic heterocycles. The molecule has 142 valence electrons. The molecule has 11 heteroatoms. The molecule has 0 radical (unpaired) electrons. The first-order valence-electron chi connectivity index (χ1n) is 7.71. The zero-order chi connectivity index (χ0) is 19.8. The van der Waals surface area contributed by atoms with Gasteiger partial charge in [0.25, 0.3) is 5.91 Å². The second kappa shape index (κ2) is 7.41. The molecule has 2 aromatic heterocycles. The summed E-state index contributed by atoms with van der Waals surface area (Å²) in [4.78, 5) is 12.6. The number of carbonyl (C=O) groups excluding carboxylic acids is 1. The summed E-state index contributed by atoms with van der Waals surface area (Å²) in [5.74, 6) is -0.339. The van der Waals surface area contributed by atoms with Crippen LogP contribution in [0.1, 0.15) is 21.7 Å². The van der Waals surface area contributed by atoms with Crippen LogP contribution in [0.3, 0.4) is 0 Å². The van der Waals surface area contributed by atoms with E-state index in [-0.39, 0.29) is 16.2 Å². The van der Waals surface area contributed by atoms with E-state index in [1.165, 1.54) is 0 Å². The highest BCUT2D eigenvalue weighted by Crippen LogP contribution is 2.25. The second-order valence-electron chi connectivity index (χ2n) is 5.84. The van der Waals surface area contributed by atoms with Crippen molar-refractivity contribution in [2.24, 2.45) is 0 Å². The first kappa shape index (κ1) is 19.5. The topological polar surface area (TPSA) is 106 Å². The first-order chi connectivity index (χ1) is 12.6. The lowest BCUT2D eigenvalue weighted by molar-refractivity contribution is 0.102. The maximum absolute atomic E-state index is 12.6. The van der Waals surface area contributed by atoms with Gasteiger partial charge in [-0.2, -0.15) is 0 Å². The number of nitrogens with one attached hydrogen (secondary N) is 2. The van der Waals surface area contributed by atoms with Crippen LogP contribution in [-0.4, -0.2) is 35.3 Å². The molecule has 3 rings (SSSR count). The van der Waals surface area contributed by atoms with E-state index in [4.69, 9.17) is 0 Å². The second-order valence-corrected chi connectivity index (χ2v) is 9.48. The molecule has 8 nitrogen and oxygen atoms in total. The number of rotatable bonds is 5. The minimum atomic E-state index is -3.45. The number of aryl methyl sites for hydroxylation is 1. The molecule has 0 atom stereocenters. The van der Waals surface area contributed by atoms with Crippen LogP contribution in [0.2, 0.25) is 0 Å². The van der Waals surface area contributed by atoms with Crippen LogP contribution in [-0.2, 0) is 10.0 Å². The Morgan fingerprint density at radius 3 is 2.41 bits per heavy atom. The summed E-state index contributed by atoms with van der Waals surface area (Å²) in [5.41, 5.74) is 3.15. The van der Waals surface area contributed by atoms with E-state index in [9.17, 15) is 13.2 Å². The van der Waals surface area contributed by atoms with Crippen molar-refractivity contribution in [1.29, 1.82) is 0 Å². The molecule has 27 heavy (non-hydrogen) atoms. The number of anilines is 2. The van der Waals surface area contributed by atoms with E-state index in [1.807, 2.05) is 42.7 Å². The van der Waals surface area contributed by atoms with E-state index >= 15 is 0 Å². The molecule has 0 saturated carbocycles. The summed E-state index contributed by atoms with van der Waals surface area (Å²) in [5, 5.41) is 10.4. The van der Waals surface area contributed by atoms with E-state index < -0.39 is 10.0 Å². The Balaban J connectivity index is 1.84. The fraction of sp³-hybridized carbons (Fsp3) is 0.188. The number of benzene rings is 1. The molecular weight excluding hydrogens is 454 g/mol. The average molecular weight is 470 g/mol. The SMILES string of the molecule is Cc1cc(C(=O)Nc2nnc(NS(C)(=O)=O)s2)c(C)n1-c1ccc(Br)cc1. The smallest absolute Gasteiger partial charge is 0.259 e. The Bertz CT molecular complexity index is 1100. The first-order valence-corrected chi connectivity index (χ1v) is 11.2. The van der Waals surface area contributed by atoms with Crippen LogP contribution < -0.4 is 10.0 Å². The van der Waals surface area contributed by atoms with E-state index in [2.05, 4.69) is 36.2 Å². The zero-order valence-corrected chi connectivity index (χ0v) is 17.9. The Morgan fingerprint density at radius 2 is 1.78 bits per heavy atom. The fourth-order valence-electron chi connectivity index (χ4n) is 2.62. The summed E-state index contributed by atoms with van der Waals surface area (Å²) in [7, 11) is -3.45. The summed E-state index contributed by atoms with van der Waals surface area (Å²) in [6.07, 6.45) is 1.02. The number of hydrogen-bond donors (Lipinski definition) is 2. The summed E-state index contributed by atoms with van der Waals surface area (Å²) < 4.78 is 27.6. The average Bonchev–Trinajstić information content (AvgIpc) is 3.11. The van der Waals surface area contributed by atoms with Gasteiger partial charge in [0.15, 0.2) is 0 Å². The van der Waals surface area contributed by atoms with Crippen molar-refractivity contribution >= 4 is 53.5 Å². The standard InChI is InChI=1S/C16H16BrN5O3S2/c1-9-8-13(10(2)22(9)12-6-4-11(17)5-7-12)14(23)18-15-19-20-16(26-15)21-27(3,24)25/h4-8H,1-3H3,(H,20,21)(H,18,19,23). The van der Waals surface area contributed by atoms with E-state index in [0.717, 1.165) is 39.1 Å². The number of amides is 1. The lowest BCUT2D eigenvalue weighted by Gasteiger charge is -2.10. The monoisotopic (exact) mass is 469 g/mol. The van der Waals surface area contributed by atoms with Gasteiger partial charge in [0, 0.05) is 21.5 Å². The number of aromatic nitrogens is 3. The van der Waals surface area contributed by atoms with Gasteiger partial charge in [-0.3, -0.25) is 14.8 Å². The van der Waals surface area contributed by atoms with Crippen LogP contribution in [0.5, 0.6) is 0 Å². The normalized spacial score (nSPS) is 11.4. The maximum atomic E-state index is 12.6. The molecular formula is C16H16BrN5O3S2. The third kappa shape index (κ3) is 4.54. The Morgan fingerprint density at radius 1 is 1.15 bits per heavy atom. The molecule has 0 unspecified atom stereocenters. The van der Waals surface area contributed by atoms with Crippen LogP contribution in [0.4, 0.5) is 10.3 Å². The van der Waals surface area contributed by atoms with Gasteiger partial charge in [-0.25, -0.2) is 8.42 Å². The highest BCUT2D eigenvalue weighted by Gasteiger charge is 2.18. The van der Waals surface area contributed by atoms with Crippen LogP contribution >= 0.6 is 27.3 Å². The molecule has 2 N–H and O–H groups in total. The third-order valence-electron chi connectivity index (χ3n) is 3.68. The van der Waals surface area contributed by atoms with Gasteiger partial charge in [0.05, 0.1) is 11.8 Å². The minimum Gasteiger partial charge on any atom is -0.318 e. The molecule has 0 spiro atoms. The summed E-state index contributed by atoms with van der Waals surface area (Å²) >= 11 is 4.35. The van der Waals surface area contributed by atoms with Gasteiger partial charge in [-0.1, -0.05) is 27.3 Å². The molecule has 0 saturated heterocycles. The molecule has 0 bridgehead atoms. The van der Waals surface area contributed by atoms with Gasteiger partial charge in [0.1, 0.15) is 0 Å². The molecule has 0 aliphatic rings. The lowest BCUT2D eigenvalue weighted by Crippen LogP contribution is -2.13. The van der Waals surface area contributed by atoms with Crippen molar-refractivity contribution in [3.05, 3.63) is 51.8 Å². The van der Waals surface area contributed by atoms with Crippen molar-refractivity contribution in [3.8, 4) is 5.69 Å². The number of nitrogens with zero attached hydrogens (tertiary/aromatic N) is 3. The lowest BCUT2D eigenvalue weighted by atomic mass is 10.2. The van der Waals surface area contributed by atoms with Crippen molar-refractivity contribution in [2.75, 3.05) is 16.3 Å². The van der Waals surface area contributed by atoms with Crippen LogP contribution in [0, 0.1) is 13.8 Å². The van der Waals surface area contributed by atoms with Crippen molar-refractivity contribution < 1.29 is 13.2 Å². The Hall–Kier alpha value is -2.24. The molecule has 2 heterocycles. The van der Waals surface area contributed by atoms with Gasteiger partial charge in [-0.15, -0.1) is 10.2 Å². The van der Waals surface area contributed by atoms with Gasteiger partial charge in [-0.05, 0) is 44.2 Å². The highest BCUT2D eigenvalue weighted by atomic mass is 79.9. The maximum Gasteiger partial charge on any atom is 0.259 e. The number of sulfonamides is 1. The number of carbonyl (C=O) groups is 1. The molecule has 0 aliphatic carbocycles. The van der Waals surface area contributed by atoms with Gasteiger partial charge >= 0.3 is 0 Å². The molecule has 0 fully saturated rings. The number of hydrogen-bond acceptors (Lipinski definition) is 6. The molecule has 1 amide bonds. The van der Waals surface area contributed by atoms with Crippen LogP contribution in [0.15, 0.2) is 34.8 Å². The number of halogens is 1. The van der Waals surface area contributed by atoms with E-state index in [0.29, 0.717) is 5.56 Å². The summed E-state index contributed by atoms with van der Waals surface area (Å²) in [6, 6.07) is 9.58. The highest BCUT2D eigenvalue weighted by molar-refractivity contribution is 9.10. The van der Waals surface area contributed by atoms with Gasteiger partial charge in [0.2, 0.25) is 20.3 Å². The predicted octanol–water partition coefficient (Wildman–Crippen LogP) is 3.33. The van der Waals surface area contributed by atoms with Gasteiger partial charge < -0.3 is 4.57 Å². The molecule has 3 aromatic rings. The predicted molar refractivity (Wildman–Crippen MR) is 109 cm³/mol. The van der Waals surface area contributed by atoms with E-state index in [1.54, 1.807) is 6.07 Å². The quantitative estimate of drug-likeness (QED) is 0.595. The van der Waals surface area contributed by atoms with Crippen molar-refractivity contribution in [3.63, 3.8) is 0 Å². The molecule has 1 aromatic carbocycles. The Kier molecular flexibility index (Phi) is 5.36. The largest absolute Gasteiger partial charge is 0.318 e. The Labute approximate surface area is 168 Å². The van der Waals surface area contributed by atoms with Crippen molar-refractivity contribution in [2.45, 2.75) is 13.8 Å². The van der Waals surface area contributed by atoms with Crippen molar-refractivity contribution in [1.82, 2.24) is 14.8 Å². The zero-order valence-electron chi connectivity index (χ0n) is 14.6. The third-order valence-corrected chi connectivity index (χ3v) is 5.65. The fourth-order valence-corrected chi connectivity index (χ4v) is 4.35.